The summed E-state index contributed by atoms with van der Waals surface area (Å²) in [6, 6.07) is 3.69. The Morgan fingerprint density at radius 2 is 1.74 bits per heavy atom. The normalized spacial score (nSPS) is 20.6. The van der Waals surface area contributed by atoms with Crippen LogP contribution in [0.4, 0.5) is 4.79 Å². The summed E-state index contributed by atoms with van der Waals surface area (Å²) >= 11 is 0. The molecule has 0 radical (unpaired) electrons. The molecule has 128 valence electrons. The van der Waals surface area contributed by atoms with Crippen LogP contribution in [0.2, 0.25) is 0 Å². The topological polar surface area (TPSA) is 61.2 Å². The Hall–Kier alpha value is -1.57. The zero-order valence-electron chi connectivity index (χ0n) is 13.6. The molecule has 0 saturated carbocycles. The van der Waals surface area contributed by atoms with Crippen LogP contribution in [0, 0.1) is 0 Å². The van der Waals surface area contributed by atoms with Crippen LogP contribution in [0.3, 0.4) is 0 Å². The van der Waals surface area contributed by atoms with Crippen molar-refractivity contribution in [2.75, 3.05) is 65.6 Å². The van der Waals surface area contributed by atoms with Gasteiger partial charge in [0.25, 0.3) is 0 Å². The van der Waals surface area contributed by atoms with Gasteiger partial charge in [-0.1, -0.05) is 0 Å². The molecule has 0 aliphatic carbocycles. The number of ether oxygens (including phenoxy) is 1. The molecule has 2 fully saturated rings. The second-order valence-electron chi connectivity index (χ2n) is 6.02. The van der Waals surface area contributed by atoms with Crippen molar-refractivity contribution in [1.82, 2.24) is 20.0 Å². The number of piperazine rings is 1. The minimum absolute atomic E-state index is 0.00534. The van der Waals surface area contributed by atoms with Gasteiger partial charge in [0.1, 0.15) is 5.76 Å². The molecule has 2 aliphatic rings. The first-order valence-electron chi connectivity index (χ1n) is 8.39. The molecule has 7 nitrogen and oxygen atoms in total. The van der Waals surface area contributed by atoms with E-state index in [1.807, 2.05) is 17.0 Å². The molecule has 3 heterocycles. The summed E-state index contributed by atoms with van der Waals surface area (Å²) in [6.45, 7) is 9.84. The highest BCUT2D eigenvalue weighted by atomic mass is 16.5. The van der Waals surface area contributed by atoms with Crippen molar-refractivity contribution in [3.8, 4) is 0 Å². The average molecular weight is 322 g/mol. The monoisotopic (exact) mass is 322 g/mol. The minimum atomic E-state index is -0.00534. The van der Waals surface area contributed by atoms with Gasteiger partial charge in [-0.15, -0.1) is 0 Å². The van der Waals surface area contributed by atoms with E-state index in [2.05, 4.69) is 15.1 Å². The Morgan fingerprint density at radius 1 is 1.04 bits per heavy atom. The van der Waals surface area contributed by atoms with Crippen LogP contribution in [0.5, 0.6) is 0 Å². The Balaban J connectivity index is 1.32. The number of hydrogen-bond donors (Lipinski definition) is 1. The van der Waals surface area contributed by atoms with E-state index in [1.165, 1.54) is 0 Å². The number of amides is 2. The molecule has 1 aromatic heterocycles. The van der Waals surface area contributed by atoms with Crippen molar-refractivity contribution in [1.29, 1.82) is 0 Å². The van der Waals surface area contributed by atoms with Crippen molar-refractivity contribution in [2.45, 2.75) is 6.54 Å². The molecule has 0 aromatic carbocycles. The van der Waals surface area contributed by atoms with Crippen molar-refractivity contribution < 1.29 is 13.9 Å². The van der Waals surface area contributed by atoms with Gasteiger partial charge in [-0.3, -0.25) is 9.80 Å². The maximum absolute atomic E-state index is 12.1. The average Bonchev–Trinajstić information content (AvgIpc) is 3.13. The zero-order valence-corrected chi connectivity index (χ0v) is 13.6. The van der Waals surface area contributed by atoms with Gasteiger partial charge in [0.15, 0.2) is 0 Å². The Kier molecular flexibility index (Phi) is 5.90. The Bertz CT molecular complexity index is 466. The van der Waals surface area contributed by atoms with Crippen molar-refractivity contribution in [3.05, 3.63) is 24.2 Å². The number of carbonyl (C=O) groups excluding carboxylic acids is 1. The van der Waals surface area contributed by atoms with Gasteiger partial charge in [0, 0.05) is 52.4 Å². The third-order valence-corrected chi connectivity index (χ3v) is 4.49. The van der Waals surface area contributed by atoms with E-state index < -0.39 is 0 Å². The van der Waals surface area contributed by atoms with E-state index in [-0.39, 0.29) is 6.03 Å². The van der Waals surface area contributed by atoms with E-state index in [9.17, 15) is 4.79 Å². The van der Waals surface area contributed by atoms with Gasteiger partial charge in [-0.2, -0.15) is 0 Å². The first kappa shape index (κ1) is 16.3. The molecule has 0 unspecified atom stereocenters. The molecule has 2 aliphatic heterocycles. The molecule has 7 heteroatoms. The molecular weight excluding hydrogens is 296 g/mol. The number of morpholine rings is 1. The summed E-state index contributed by atoms with van der Waals surface area (Å²) in [5, 5.41) is 2.91. The van der Waals surface area contributed by atoms with E-state index in [1.54, 1.807) is 6.26 Å². The summed E-state index contributed by atoms with van der Waals surface area (Å²) in [5.41, 5.74) is 0. The lowest BCUT2D eigenvalue weighted by atomic mass is 10.3. The van der Waals surface area contributed by atoms with E-state index in [0.29, 0.717) is 6.54 Å². The van der Waals surface area contributed by atoms with Gasteiger partial charge >= 0.3 is 6.03 Å². The summed E-state index contributed by atoms with van der Waals surface area (Å²) in [5.74, 6) is 0.780. The summed E-state index contributed by atoms with van der Waals surface area (Å²) < 4.78 is 10.6. The smallest absolute Gasteiger partial charge is 0.317 e. The van der Waals surface area contributed by atoms with Gasteiger partial charge in [0.2, 0.25) is 0 Å². The first-order valence-corrected chi connectivity index (χ1v) is 8.39. The highest BCUT2D eigenvalue weighted by Gasteiger charge is 2.21. The maximum atomic E-state index is 12.1. The maximum Gasteiger partial charge on any atom is 0.317 e. The fourth-order valence-corrected chi connectivity index (χ4v) is 2.97. The SMILES string of the molecule is O=C(NCc1ccco1)N1CCN(CCN2CCOCC2)CC1. The van der Waals surface area contributed by atoms with Crippen LogP contribution in [-0.2, 0) is 11.3 Å². The molecule has 2 amide bonds. The largest absolute Gasteiger partial charge is 0.467 e. The molecule has 23 heavy (non-hydrogen) atoms. The number of hydrogen-bond acceptors (Lipinski definition) is 5. The summed E-state index contributed by atoms with van der Waals surface area (Å²) in [7, 11) is 0. The lowest BCUT2D eigenvalue weighted by Crippen LogP contribution is -2.53. The number of nitrogens with one attached hydrogen (secondary N) is 1. The highest BCUT2D eigenvalue weighted by Crippen LogP contribution is 2.05. The minimum Gasteiger partial charge on any atom is -0.467 e. The number of furan rings is 1. The second-order valence-corrected chi connectivity index (χ2v) is 6.02. The van der Waals surface area contributed by atoms with Gasteiger partial charge in [0.05, 0.1) is 26.0 Å². The van der Waals surface area contributed by atoms with Crippen LogP contribution >= 0.6 is 0 Å². The third-order valence-electron chi connectivity index (χ3n) is 4.49. The van der Waals surface area contributed by atoms with Crippen LogP contribution in [0.25, 0.3) is 0 Å². The van der Waals surface area contributed by atoms with E-state index >= 15 is 0 Å². The molecule has 0 bridgehead atoms. The van der Waals surface area contributed by atoms with Crippen molar-refractivity contribution in [3.63, 3.8) is 0 Å². The van der Waals surface area contributed by atoms with Crippen LogP contribution in [0.1, 0.15) is 5.76 Å². The first-order chi connectivity index (χ1) is 11.3. The summed E-state index contributed by atoms with van der Waals surface area (Å²) in [6.07, 6.45) is 1.62. The van der Waals surface area contributed by atoms with Gasteiger partial charge < -0.3 is 19.4 Å². The zero-order chi connectivity index (χ0) is 15.9. The third kappa shape index (κ3) is 4.95. The van der Waals surface area contributed by atoms with E-state index in [4.69, 9.17) is 9.15 Å². The van der Waals surface area contributed by atoms with Crippen LogP contribution in [0.15, 0.2) is 22.8 Å². The highest BCUT2D eigenvalue weighted by molar-refractivity contribution is 5.74. The molecule has 0 atom stereocenters. The van der Waals surface area contributed by atoms with Gasteiger partial charge in [-0.25, -0.2) is 4.79 Å². The molecule has 2 saturated heterocycles. The molecular formula is C16H26N4O3. The predicted octanol–water partition coefficient (Wildman–Crippen LogP) is 0.439. The molecule has 0 spiro atoms. The lowest BCUT2D eigenvalue weighted by molar-refractivity contribution is 0.0309. The number of urea groups is 1. The number of carbonyl (C=O) groups is 1. The molecule has 1 N–H and O–H groups in total. The molecule has 1 aromatic rings. The number of nitrogens with zero attached hydrogens (tertiary/aromatic N) is 3. The predicted molar refractivity (Wildman–Crippen MR) is 86.2 cm³/mol. The standard InChI is InChI=1S/C16H26N4O3/c21-16(17-14-15-2-1-11-23-15)20-7-5-18(6-8-20)3-4-19-9-12-22-13-10-19/h1-2,11H,3-10,12-14H2,(H,17,21). The van der Waals surface area contributed by atoms with Crippen LogP contribution in [-0.4, -0.2) is 86.3 Å². The fraction of sp³-hybridized carbons (Fsp3) is 0.688. The lowest BCUT2D eigenvalue weighted by Gasteiger charge is -2.36. The summed E-state index contributed by atoms with van der Waals surface area (Å²) in [4.78, 5) is 18.9. The number of rotatable bonds is 5. The van der Waals surface area contributed by atoms with Crippen molar-refractivity contribution >= 4 is 6.03 Å². The fourth-order valence-electron chi connectivity index (χ4n) is 2.97. The van der Waals surface area contributed by atoms with E-state index in [0.717, 1.165) is 71.3 Å². The van der Waals surface area contributed by atoms with Gasteiger partial charge in [-0.05, 0) is 12.1 Å². The Labute approximate surface area is 137 Å². The van der Waals surface area contributed by atoms with Crippen LogP contribution < -0.4 is 5.32 Å². The van der Waals surface area contributed by atoms with Crippen molar-refractivity contribution in [2.24, 2.45) is 0 Å². The second kappa shape index (κ2) is 8.33. The Morgan fingerprint density at radius 3 is 2.39 bits per heavy atom. The quantitative estimate of drug-likeness (QED) is 0.852. The molecule has 3 rings (SSSR count).